The lowest BCUT2D eigenvalue weighted by atomic mass is 10.2. The Morgan fingerprint density at radius 2 is 2.17 bits per heavy atom. The minimum absolute atomic E-state index is 0.202. The Morgan fingerprint density at radius 3 is 2.79 bits per heavy atom. The standard InChI is InChI=1S/C18H30FN5/c1-5-24-10-6-7-15(24)13-22-18(20-2)21-12-14-8-9-17(23(3)4)16(19)11-14/h8-9,11,15H,5-7,10,12-13H2,1-4H3,(H2,20,21,22). The Labute approximate surface area is 144 Å². The number of anilines is 1. The van der Waals surface area contributed by atoms with E-state index in [1.54, 1.807) is 24.1 Å². The molecule has 0 spiro atoms. The van der Waals surface area contributed by atoms with Crippen molar-refractivity contribution >= 4 is 11.6 Å². The van der Waals surface area contributed by atoms with Gasteiger partial charge in [0.2, 0.25) is 0 Å². The number of guanidine groups is 1. The molecule has 1 aliphatic heterocycles. The second-order valence-corrected chi connectivity index (χ2v) is 6.41. The van der Waals surface area contributed by atoms with Crippen molar-refractivity contribution in [2.45, 2.75) is 32.4 Å². The molecule has 0 aliphatic carbocycles. The molecule has 0 amide bonds. The zero-order chi connectivity index (χ0) is 17.5. The molecule has 1 aliphatic rings. The molecular weight excluding hydrogens is 305 g/mol. The molecular formula is C18H30FN5. The van der Waals surface area contributed by atoms with Gasteiger partial charge in [-0.1, -0.05) is 13.0 Å². The number of hydrogen-bond donors (Lipinski definition) is 2. The molecule has 0 saturated carbocycles. The fraction of sp³-hybridized carbons (Fsp3) is 0.611. The second kappa shape index (κ2) is 8.87. The van der Waals surface area contributed by atoms with Gasteiger partial charge in [0.05, 0.1) is 5.69 Å². The van der Waals surface area contributed by atoms with E-state index in [9.17, 15) is 4.39 Å². The van der Waals surface area contributed by atoms with Crippen LogP contribution in [0.15, 0.2) is 23.2 Å². The first-order valence-corrected chi connectivity index (χ1v) is 8.69. The van der Waals surface area contributed by atoms with Crippen LogP contribution in [0.5, 0.6) is 0 Å². The number of benzene rings is 1. The van der Waals surface area contributed by atoms with Crippen LogP contribution in [0, 0.1) is 5.82 Å². The molecule has 0 aromatic heterocycles. The molecule has 1 heterocycles. The second-order valence-electron chi connectivity index (χ2n) is 6.41. The molecule has 1 saturated heterocycles. The van der Waals surface area contributed by atoms with Crippen molar-refractivity contribution in [3.63, 3.8) is 0 Å². The van der Waals surface area contributed by atoms with E-state index in [0.29, 0.717) is 18.3 Å². The summed E-state index contributed by atoms with van der Waals surface area (Å²) in [6.45, 7) is 5.92. The van der Waals surface area contributed by atoms with Crippen molar-refractivity contribution in [2.75, 3.05) is 45.7 Å². The summed E-state index contributed by atoms with van der Waals surface area (Å²) in [4.78, 5) is 8.52. The average molecular weight is 335 g/mol. The molecule has 0 radical (unpaired) electrons. The van der Waals surface area contributed by atoms with Crippen molar-refractivity contribution in [1.82, 2.24) is 15.5 Å². The zero-order valence-corrected chi connectivity index (χ0v) is 15.3. The molecule has 6 heteroatoms. The quantitative estimate of drug-likeness (QED) is 0.617. The minimum atomic E-state index is -0.202. The molecule has 1 aromatic rings. The summed E-state index contributed by atoms with van der Waals surface area (Å²) in [7, 11) is 5.44. The summed E-state index contributed by atoms with van der Waals surface area (Å²) in [5.41, 5.74) is 1.50. The molecule has 134 valence electrons. The molecule has 2 rings (SSSR count). The number of likely N-dealkylation sites (tertiary alicyclic amines) is 1. The topological polar surface area (TPSA) is 42.9 Å². The van der Waals surface area contributed by atoms with Crippen LogP contribution in [0.4, 0.5) is 10.1 Å². The summed E-state index contributed by atoms with van der Waals surface area (Å²) in [5, 5.41) is 6.64. The van der Waals surface area contributed by atoms with E-state index in [-0.39, 0.29) is 5.82 Å². The van der Waals surface area contributed by atoms with Crippen molar-refractivity contribution in [3.8, 4) is 0 Å². The molecule has 5 nitrogen and oxygen atoms in total. The van der Waals surface area contributed by atoms with E-state index >= 15 is 0 Å². The van der Waals surface area contributed by atoms with Crippen molar-refractivity contribution < 1.29 is 4.39 Å². The van der Waals surface area contributed by atoms with Gasteiger partial charge in [0.15, 0.2) is 5.96 Å². The maximum absolute atomic E-state index is 14.0. The molecule has 1 aromatic carbocycles. The number of halogens is 1. The number of rotatable bonds is 6. The van der Waals surface area contributed by atoms with Crippen LogP contribution >= 0.6 is 0 Å². The van der Waals surface area contributed by atoms with Crippen molar-refractivity contribution in [3.05, 3.63) is 29.6 Å². The maximum atomic E-state index is 14.0. The van der Waals surface area contributed by atoms with Gasteiger partial charge in [-0.2, -0.15) is 0 Å². The summed E-state index contributed by atoms with van der Waals surface area (Å²) in [6.07, 6.45) is 2.50. The van der Waals surface area contributed by atoms with E-state index in [4.69, 9.17) is 0 Å². The van der Waals surface area contributed by atoms with Gasteiger partial charge in [-0.15, -0.1) is 0 Å². The Hall–Kier alpha value is -1.82. The SMILES string of the molecule is CCN1CCCC1CNC(=NC)NCc1ccc(N(C)C)c(F)c1. The maximum Gasteiger partial charge on any atom is 0.191 e. The van der Waals surface area contributed by atoms with Crippen LogP contribution in [0.25, 0.3) is 0 Å². The Kier molecular flexibility index (Phi) is 6.85. The highest BCUT2D eigenvalue weighted by atomic mass is 19.1. The van der Waals surface area contributed by atoms with E-state index in [1.807, 2.05) is 20.2 Å². The van der Waals surface area contributed by atoms with Gasteiger partial charge in [-0.25, -0.2) is 4.39 Å². The minimum Gasteiger partial charge on any atom is -0.375 e. The normalized spacial score (nSPS) is 18.7. The van der Waals surface area contributed by atoms with Crippen molar-refractivity contribution in [1.29, 1.82) is 0 Å². The van der Waals surface area contributed by atoms with Crippen molar-refractivity contribution in [2.24, 2.45) is 4.99 Å². The first-order valence-electron chi connectivity index (χ1n) is 8.69. The van der Waals surface area contributed by atoms with E-state index in [1.165, 1.54) is 19.4 Å². The predicted octanol–water partition coefficient (Wildman–Crippen LogP) is 2.04. The lowest BCUT2D eigenvalue weighted by Gasteiger charge is -2.24. The summed E-state index contributed by atoms with van der Waals surface area (Å²) >= 11 is 0. The number of aliphatic imine (C=N–C) groups is 1. The first kappa shape index (κ1) is 18.5. The lowest BCUT2D eigenvalue weighted by molar-refractivity contribution is 0.267. The van der Waals surface area contributed by atoms with Crippen LogP contribution in [0.2, 0.25) is 0 Å². The highest BCUT2D eigenvalue weighted by Gasteiger charge is 2.22. The van der Waals surface area contributed by atoms with Crippen LogP contribution in [0.3, 0.4) is 0 Å². The largest absolute Gasteiger partial charge is 0.375 e. The zero-order valence-electron chi connectivity index (χ0n) is 15.3. The summed E-state index contributed by atoms with van der Waals surface area (Å²) < 4.78 is 14.0. The number of likely N-dealkylation sites (N-methyl/N-ethyl adjacent to an activating group) is 1. The van der Waals surface area contributed by atoms with Crippen LogP contribution in [-0.4, -0.2) is 57.7 Å². The third kappa shape index (κ3) is 4.84. The van der Waals surface area contributed by atoms with Gasteiger partial charge in [-0.05, 0) is 43.6 Å². The van der Waals surface area contributed by atoms with Crippen LogP contribution < -0.4 is 15.5 Å². The van der Waals surface area contributed by atoms with Gasteiger partial charge in [0.25, 0.3) is 0 Å². The Morgan fingerprint density at radius 1 is 1.38 bits per heavy atom. The average Bonchev–Trinajstić information content (AvgIpc) is 3.02. The smallest absolute Gasteiger partial charge is 0.191 e. The van der Waals surface area contributed by atoms with Gasteiger partial charge in [-0.3, -0.25) is 9.89 Å². The molecule has 2 N–H and O–H groups in total. The van der Waals surface area contributed by atoms with Crippen LogP contribution in [-0.2, 0) is 6.54 Å². The Bertz CT molecular complexity index is 558. The molecule has 1 atom stereocenters. The van der Waals surface area contributed by atoms with E-state index in [2.05, 4.69) is 27.4 Å². The molecule has 1 unspecified atom stereocenters. The molecule has 1 fully saturated rings. The van der Waals surface area contributed by atoms with Crippen LogP contribution in [0.1, 0.15) is 25.3 Å². The third-order valence-electron chi connectivity index (χ3n) is 4.59. The Balaban J connectivity index is 1.84. The van der Waals surface area contributed by atoms with Gasteiger partial charge >= 0.3 is 0 Å². The number of nitrogens with one attached hydrogen (secondary N) is 2. The molecule has 0 bridgehead atoms. The van der Waals surface area contributed by atoms with Gasteiger partial charge < -0.3 is 15.5 Å². The van der Waals surface area contributed by atoms with Gasteiger partial charge in [0.1, 0.15) is 5.82 Å². The fourth-order valence-electron chi connectivity index (χ4n) is 3.19. The summed E-state index contributed by atoms with van der Waals surface area (Å²) in [6, 6.07) is 5.89. The first-order chi connectivity index (χ1) is 11.5. The highest BCUT2D eigenvalue weighted by molar-refractivity contribution is 5.79. The van der Waals surface area contributed by atoms with Gasteiger partial charge in [0, 0.05) is 40.3 Å². The monoisotopic (exact) mass is 335 g/mol. The number of hydrogen-bond acceptors (Lipinski definition) is 3. The number of nitrogens with zero attached hydrogens (tertiary/aromatic N) is 3. The molecule has 24 heavy (non-hydrogen) atoms. The third-order valence-corrected chi connectivity index (χ3v) is 4.59. The fourth-order valence-corrected chi connectivity index (χ4v) is 3.19. The van der Waals surface area contributed by atoms with E-state index < -0.39 is 0 Å². The lowest BCUT2D eigenvalue weighted by Crippen LogP contribution is -2.44. The highest BCUT2D eigenvalue weighted by Crippen LogP contribution is 2.18. The van der Waals surface area contributed by atoms with E-state index in [0.717, 1.165) is 24.6 Å². The summed E-state index contributed by atoms with van der Waals surface area (Å²) in [5.74, 6) is 0.557. The predicted molar refractivity (Wildman–Crippen MR) is 99.2 cm³/mol.